The van der Waals surface area contributed by atoms with E-state index in [4.69, 9.17) is 0 Å². The van der Waals surface area contributed by atoms with Crippen LogP contribution in [0, 0.1) is 0 Å². The first kappa shape index (κ1) is 16.9. The van der Waals surface area contributed by atoms with Crippen molar-refractivity contribution in [1.82, 2.24) is 14.8 Å². The number of hydrogen-bond acceptors (Lipinski definition) is 4. The van der Waals surface area contributed by atoms with Crippen molar-refractivity contribution in [3.8, 4) is 0 Å². The van der Waals surface area contributed by atoms with E-state index in [1.807, 2.05) is 47.4 Å². The number of para-hydroxylation sites is 1. The molecule has 0 bridgehead atoms. The molecule has 1 aromatic heterocycles. The first-order chi connectivity index (χ1) is 12.7. The largest absolute Gasteiger partial charge is 0.330 e. The van der Waals surface area contributed by atoms with Gasteiger partial charge < -0.3 is 9.80 Å². The van der Waals surface area contributed by atoms with Gasteiger partial charge in [-0.1, -0.05) is 42.5 Å². The second-order valence-electron chi connectivity index (χ2n) is 6.57. The second-order valence-corrected chi connectivity index (χ2v) is 7.64. The quantitative estimate of drug-likeness (QED) is 0.664. The molecule has 3 aromatic rings. The van der Waals surface area contributed by atoms with Crippen LogP contribution in [-0.2, 0) is 4.79 Å². The number of piperazine rings is 1. The van der Waals surface area contributed by atoms with Crippen LogP contribution in [0.4, 0.5) is 0 Å². The summed E-state index contributed by atoms with van der Waals surface area (Å²) in [4.78, 5) is 21.7. The number of carbonyl (C=O) groups is 1. The van der Waals surface area contributed by atoms with E-state index < -0.39 is 0 Å². The molecule has 0 aliphatic carbocycles. The summed E-state index contributed by atoms with van der Waals surface area (Å²) < 4.78 is 1.14. The predicted octanol–water partition coefficient (Wildman–Crippen LogP) is 3.82. The molecule has 0 saturated carbocycles. The molecule has 5 heteroatoms. The fourth-order valence-corrected chi connectivity index (χ4v) is 4.21. The minimum Gasteiger partial charge on any atom is -0.330 e. The van der Waals surface area contributed by atoms with Crippen molar-refractivity contribution in [1.29, 1.82) is 0 Å². The summed E-state index contributed by atoms with van der Waals surface area (Å²) in [6, 6.07) is 18.4. The number of nitrogens with zero attached hydrogens (tertiary/aromatic N) is 3. The molecular weight excluding hydrogens is 342 g/mol. The Labute approximate surface area is 157 Å². The first-order valence-corrected chi connectivity index (χ1v) is 9.60. The molecule has 4 nitrogen and oxygen atoms in total. The third-order valence-electron chi connectivity index (χ3n) is 4.73. The van der Waals surface area contributed by atoms with Gasteiger partial charge in [0.1, 0.15) is 5.01 Å². The predicted molar refractivity (Wildman–Crippen MR) is 107 cm³/mol. The average Bonchev–Trinajstić information content (AvgIpc) is 3.10. The zero-order valence-electron chi connectivity index (χ0n) is 14.7. The molecule has 4 rings (SSSR count). The van der Waals surface area contributed by atoms with Crippen molar-refractivity contribution in [3.05, 3.63) is 71.2 Å². The van der Waals surface area contributed by atoms with Crippen molar-refractivity contribution in [2.24, 2.45) is 0 Å². The minimum absolute atomic E-state index is 0.0474. The van der Waals surface area contributed by atoms with Crippen LogP contribution in [0.5, 0.6) is 0 Å². The number of carbonyl (C=O) groups excluding carboxylic acids is 1. The summed E-state index contributed by atoms with van der Waals surface area (Å²) in [5.41, 5.74) is 2.16. The van der Waals surface area contributed by atoms with E-state index in [-0.39, 0.29) is 11.9 Å². The van der Waals surface area contributed by atoms with E-state index in [2.05, 4.69) is 35.1 Å². The molecule has 0 N–H and O–H groups in total. The van der Waals surface area contributed by atoms with Gasteiger partial charge in [-0.2, -0.15) is 0 Å². The van der Waals surface area contributed by atoms with Gasteiger partial charge in [-0.3, -0.25) is 4.79 Å². The van der Waals surface area contributed by atoms with Gasteiger partial charge in [-0.05, 0) is 30.8 Å². The Morgan fingerprint density at radius 2 is 1.88 bits per heavy atom. The monoisotopic (exact) mass is 363 g/mol. The van der Waals surface area contributed by atoms with Crippen LogP contribution >= 0.6 is 11.3 Å². The molecule has 1 atom stereocenters. The lowest BCUT2D eigenvalue weighted by Crippen LogP contribution is -2.48. The third-order valence-corrected chi connectivity index (χ3v) is 5.73. The van der Waals surface area contributed by atoms with Crippen LogP contribution in [0.15, 0.2) is 60.7 Å². The summed E-state index contributed by atoms with van der Waals surface area (Å²) in [6.45, 7) is 2.48. The Balaban J connectivity index is 1.55. The number of rotatable bonds is 3. The molecule has 2 heterocycles. The highest BCUT2D eigenvalue weighted by Crippen LogP contribution is 2.26. The Morgan fingerprint density at radius 3 is 2.69 bits per heavy atom. The molecule has 2 aromatic carbocycles. The van der Waals surface area contributed by atoms with Crippen LogP contribution in [-0.4, -0.2) is 47.4 Å². The lowest BCUT2D eigenvalue weighted by Gasteiger charge is -2.39. The molecule has 1 saturated heterocycles. The number of aromatic nitrogens is 1. The number of amides is 1. The fourth-order valence-electron chi connectivity index (χ4n) is 3.34. The van der Waals surface area contributed by atoms with Gasteiger partial charge in [0.05, 0.1) is 16.3 Å². The van der Waals surface area contributed by atoms with E-state index in [0.29, 0.717) is 0 Å². The highest BCUT2D eigenvalue weighted by molar-refractivity contribution is 7.19. The lowest BCUT2D eigenvalue weighted by molar-refractivity contribution is -0.130. The molecule has 1 unspecified atom stereocenters. The van der Waals surface area contributed by atoms with Gasteiger partial charge in [0, 0.05) is 25.7 Å². The van der Waals surface area contributed by atoms with Gasteiger partial charge in [-0.25, -0.2) is 4.98 Å². The highest BCUT2D eigenvalue weighted by Gasteiger charge is 2.28. The maximum Gasteiger partial charge on any atom is 0.247 e. The SMILES string of the molecule is CN1CCN(C(=O)/C=C/c2nc3ccccc3s2)C(c2ccccc2)C1. The molecule has 0 radical (unpaired) electrons. The number of thiazole rings is 1. The highest BCUT2D eigenvalue weighted by atomic mass is 32.1. The van der Waals surface area contributed by atoms with Crippen LogP contribution in [0.3, 0.4) is 0 Å². The van der Waals surface area contributed by atoms with Gasteiger partial charge in [-0.15, -0.1) is 11.3 Å². The van der Waals surface area contributed by atoms with Crippen molar-refractivity contribution >= 4 is 33.5 Å². The molecule has 1 aliphatic rings. The Bertz CT molecular complexity index is 902. The van der Waals surface area contributed by atoms with Crippen molar-refractivity contribution < 1.29 is 4.79 Å². The van der Waals surface area contributed by atoms with E-state index in [1.165, 1.54) is 5.56 Å². The molecule has 132 valence electrons. The normalized spacial score (nSPS) is 18.7. The number of hydrogen-bond donors (Lipinski definition) is 0. The molecule has 0 spiro atoms. The molecule has 26 heavy (non-hydrogen) atoms. The summed E-state index contributed by atoms with van der Waals surface area (Å²) >= 11 is 1.61. The van der Waals surface area contributed by atoms with Crippen LogP contribution in [0.1, 0.15) is 16.6 Å². The zero-order valence-corrected chi connectivity index (χ0v) is 15.5. The zero-order chi connectivity index (χ0) is 17.9. The maximum absolute atomic E-state index is 12.9. The molecule has 1 amide bonds. The number of likely N-dealkylation sites (N-methyl/N-ethyl adjacent to an activating group) is 1. The van der Waals surface area contributed by atoms with Crippen molar-refractivity contribution in [2.75, 3.05) is 26.7 Å². The van der Waals surface area contributed by atoms with Gasteiger partial charge in [0.25, 0.3) is 0 Å². The van der Waals surface area contributed by atoms with E-state index in [9.17, 15) is 4.79 Å². The standard InChI is InChI=1S/C21H21N3OS/c1-23-13-14-24(18(15-23)16-7-3-2-4-8-16)21(25)12-11-20-22-17-9-5-6-10-19(17)26-20/h2-12,18H,13-15H2,1H3/b12-11+. The Hall–Kier alpha value is -2.50. The van der Waals surface area contributed by atoms with Crippen LogP contribution < -0.4 is 0 Å². The topological polar surface area (TPSA) is 36.4 Å². The van der Waals surface area contributed by atoms with E-state index in [1.54, 1.807) is 17.4 Å². The maximum atomic E-state index is 12.9. The van der Waals surface area contributed by atoms with Gasteiger partial charge in [0.15, 0.2) is 0 Å². The van der Waals surface area contributed by atoms with Crippen LogP contribution in [0.2, 0.25) is 0 Å². The Kier molecular flexibility index (Phi) is 4.82. The second kappa shape index (κ2) is 7.40. The molecule has 1 fully saturated rings. The minimum atomic E-state index is 0.0474. The van der Waals surface area contributed by atoms with Gasteiger partial charge >= 0.3 is 0 Å². The van der Waals surface area contributed by atoms with Gasteiger partial charge in [0.2, 0.25) is 5.91 Å². The average molecular weight is 363 g/mol. The van der Waals surface area contributed by atoms with E-state index in [0.717, 1.165) is 34.9 Å². The van der Waals surface area contributed by atoms with Crippen molar-refractivity contribution in [2.45, 2.75) is 6.04 Å². The fraction of sp³-hybridized carbons (Fsp3) is 0.238. The van der Waals surface area contributed by atoms with Crippen molar-refractivity contribution in [3.63, 3.8) is 0 Å². The Morgan fingerprint density at radius 1 is 1.12 bits per heavy atom. The first-order valence-electron chi connectivity index (χ1n) is 8.78. The van der Waals surface area contributed by atoms with Crippen LogP contribution in [0.25, 0.3) is 16.3 Å². The smallest absolute Gasteiger partial charge is 0.247 e. The number of benzene rings is 2. The number of fused-ring (bicyclic) bond motifs is 1. The third kappa shape index (κ3) is 3.54. The summed E-state index contributed by atoms with van der Waals surface area (Å²) in [7, 11) is 2.11. The summed E-state index contributed by atoms with van der Waals surface area (Å²) in [5.74, 6) is 0.0474. The molecule has 1 aliphatic heterocycles. The lowest BCUT2D eigenvalue weighted by atomic mass is 10.0. The summed E-state index contributed by atoms with van der Waals surface area (Å²) in [5, 5.41) is 0.866. The summed E-state index contributed by atoms with van der Waals surface area (Å²) in [6.07, 6.45) is 3.51. The molecular formula is C21H21N3OS. The van der Waals surface area contributed by atoms with E-state index >= 15 is 0 Å².